The lowest BCUT2D eigenvalue weighted by molar-refractivity contribution is -0.138. The fraction of sp³-hybridized carbons (Fsp3) is 0.462. The fourth-order valence-electron chi connectivity index (χ4n) is 2.12. The molecule has 0 amide bonds. The molecular formula is C13H18O3. The minimum Gasteiger partial charge on any atom is -0.507 e. The zero-order valence-corrected chi connectivity index (χ0v) is 10.2. The SMILES string of the molecule is Cc1ccc(C)c(C(C)(C)CC(=O)O)c1O. The molecule has 0 bridgehead atoms. The molecule has 1 rings (SSSR count). The summed E-state index contributed by atoms with van der Waals surface area (Å²) in [5, 5.41) is 18.9. The van der Waals surface area contributed by atoms with Gasteiger partial charge in [-0.15, -0.1) is 0 Å². The lowest BCUT2D eigenvalue weighted by Crippen LogP contribution is -2.23. The van der Waals surface area contributed by atoms with E-state index in [0.717, 1.165) is 16.7 Å². The van der Waals surface area contributed by atoms with Crippen molar-refractivity contribution in [3.8, 4) is 5.75 Å². The topological polar surface area (TPSA) is 57.5 Å². The zero-order valence-electron chi connectivity index (χ0n) is 10.2. The summed E-state index contributed by atoms with van der Waals surface area (Å²) in [5.41, 5.74) is 1.87. The number of aliphatic carboxylic acids is 1. The van der Waals surface area contributed by atoms with Crippen LogP contribution in [0.1, 0.15) is 37.0 Å². The summed E-state index contributed by atoms with van der Waals surface area (Å²) in [5.74, 6) is -0.642. The average molecular weight is 222 g/mol. The summed E-state index contributed by atoms with van der Waals surface area (Å²) in [4.78, 5) is 10.8. The monoisotopic (exact) mass is 222 g/mol. The number of hydrogen-bond acceptors (Lipinski definition) is 2. The highest BCUT2D eigenvalue weighted by Crippen LogP contribution is 2.37. The first-order valence-electron chi connectivity index (χ1n) is 5.27. The molecule has 0 heterocycles. The van der Waals surface area contributed by atoms with E-state index in [1.807, 2.05) is 39.8 Å². The van der Waals surface area contributed by atoms with Crippen molar-refractivity contribution in [3.05, 3.63) is 28.8 Å². The van der Waals surface area contributed by atoms with Gasteiger partial charge < -0.3 is 10.2 Å². The molecule has 3 heteroatoms. The van der Waals surface area contributed by atoms with E-state index < -0.39 is 11.4 Å². The van der Waals surface area contributed by atoms with Crippen molar-refractivity contribution < 1.29 is 15.0 Å². The van der Waals surface area contributed by atoms with Crippen molar-refractivity contribution >= 4 is 5.97 Å². The van der Waals surface area contributed by atoms with Crippen molar-refractivity contribution in [2.24, 2.45) is 0 Å². The third kappa shape index (κ3) is 2.35. The summed E-state index contributed by atoms with van der Waals surface area (Å²) < 4.78 is 0. The Morgan fingerprint density at radius 2 is 1.75 bits per heavy atom. The van der Waals surface area contributed by atoms with Crippen LogP contribution in [0.2, 0.25) is 0 Å². The first kappa shape index (κ1) is 12.6. The van der Waals surface area contributed by atoms with Crippen molar-refractivity contribution in [2.75, 3.05) is 0 Å². The van der Waals surface area contributed by atoms with Gasteiger partial charge in [-0.3, -0.25) is 4.79 Å². The average Bonchev–Trinajstić information content (AvgIpc) is 2.09. The molecular weight excluding hydrogens is 204 g/mol. The Kier molecular flexibility index (Phi) is 3.27. The van der Waals surface area contributed by atoms with E-state index in [1.54, 1.807) is 0 Å². The maximum Gasteiger partial charge on any atom is 0.304 e. The summed E-state index contributed by atoms with van der Waals surface area (Å²) in [7, 11) is 0. The predicted molar refractivity (Wildman–Crippen MR) is 62.9 cm³/mol. The summed E-state index contributed by atoms with van der Waals surface area (Å²) in [6.45, 7) is 7.37. The quantitative estimate of drug-likeness (QED) is 0.826. The molecule has 2 N–H and O–H groups in total. The van der Waals surface area contributed by atoms with Crippen LogP contribution in [-0.4, -0.2) is 16.2 Å². The van der Waals surface area contributed by atoms with Crippen LogP contribution in [0, 0.1) is 13.8 Å². The number of carboxylic acid groups (broad SMARTS) is 1. The third-order valence-corrected chi connectivity index (χ3v) is 2.86. The van der Waals surface area contributed by atoms with E-state index in [4.69, 9.17) is 5.11 Å². The van der Waals surface area contributed by atoms with Gasteiger partial charge in [-0.25, -0.2) is 0 Å². The first-order valence-corrected chi connectivity index (χ1v) is 5.27. The lowest BCUT2D eigenvalue weighted by Gasteiger charge is -2.26. The number of aryl methyl sites for hydroxylation is 2. The Morgan fingerprint density at radius 1 is 1.25 bits per heavy atom. The van der Waals surface area contributed by atoms with E-state index in [0.29, 0.717) is 0 Å². The van der Waals surface area contributed by atoms with Gasteiger partial charge in [0.2, 0.25) is 0 Å². The maximum absolute atomic E-state index is 10.8. The Labute approximate surface area is 95.7 Å². The van der Waals surface area contributed by atoms with Crippen LogP contribution in [0.3, 0.4) is 0 Å². The molecule has 16 heavy (non-hydrogen) atoms. The van der Waals surface area contributed by atoms with Gasteiger partial charge >= 0.3 is 5.97 Å². The number of carbonyl (C=O) groups is 1. The van der Waals surface area contributed by atoms with Crippen LogP contribution in [0.5, 0.6) is 5.75 Å². The second-order valence-electron chi connectivity index (χ2n) is 4.88. The Morgan fingerprint density at radius 3 is 2.25 bits per heavy atom. The van der Waals surface area contributed by atoms with Gasteiger partial charge in [-0.05, 0) is 25.0 Å². The molecule has 0 fully saturated rings. The zero-order chi connectivity index (χ0) is 12.5. The highest BCUT2D eigenvalue weighted by atomic mass is 16.4. The number of hydrogen-bond donors (Lipinski definition) is 2. The number of phenols is 1. The molecule has 1 aromatic rings. The smallest absolute Gasteiger partial charge is 0.304 e. The van der Waals surface area contributed by atoms with Crippen molar-refractivity contribution in [1.29, 1.82) is 0 Å². The van der Waals surface area contributed by atoms with Gasteiger partial charge in [0, 0.05) is 11.0 Å². The second-order valence-corrected chi connectivity index (χ2v) is 4.88. The van der Waals surface area contributed by atoms with E-state index >= 15 is 0 Å². The number of phenolic OH excluding ortho intramolecular Hbond substituents is 1. The fourth-order valence-corrected chi connectivity index (χ4v) is 2.12. The summed E-state index contributed by atoms with van der Waals surface area (Å²) >= 11 is 0. The van der Waals surface area contributed by atoms with Gasteiger partial charge in [-0.1, -0.05) is 26.0 Å². The van der Waals surface area contributed by atoms with Crippen molar-refractivity contribution in [3.63, 3.8) is 0 Å². The van der Waals surface area contributed by atoms with Crippen LogP contribution in [-0.2, 0) is 10.2 Å². The standard InChI is InChI=1S/C13H18O3/c1-8-5-6-9(2)12(16)11(8)13(3,4)7-10(14)15/h5-6,16H,7H2,1-4H3,(H,14,15). The van der Waals surface area contributed by atoms with Crippen LogP contribution >= 0.6 is 0 Å². The molecule has 0 aliphatic heterocycles. The normalized spacial score (nSPS) is 11.5. The van der Waals surface area contributed by atoms with Gasteiger partial charge in [0.1, 0.15) is 5.75 Å². The maximum atomic E-state index is 10.8. The van der Waals surface area contributed by atoms with E-state index in [-0.39, 0.29) is 12.2 Å². The highest BCUT2D eigenvalue weighted by Gasteiger charge is 2.29. The van der Waals surface area contributed by atoms with Gasteiger partial charge in [0.25, 0.3) is 0 Å². The van der Waals surface area contributed by atoms with Gasteiger partial charge in [-0.2, -0.15) is 0 Å². The molecule has 0 atom stereocenters. The minimum atomic E-state index is -0.856. The largest absolute Gasteiger partial charge is 0.507 e. The van der Waals surface area contributed by atoms with Crippen LogP contribution in [0.4, 0.5) is 0 Å². The first-order chi connectivity index (χ1) is 7.25. The van der Waals surface area contributed by atoms with Crippen LogP contribution in [0.15, 0.2) is 12.1 Å². The molecule has 0 unspecified atom stereocenters. The van der Waals surface area contributed by atoms with E-state index in [2.05, 4.69) is 0 Å². The molecule has 88 valence electrons. The molecule has 0 aliphatic rings. The number of benzene rings is 1. The van der Waals surface area contributed by atoms with E-state index in [9.17, 15) is 9.90 Å². The molecule has 0 saturated carbocycles. The molecule has 3 nitrogen and oxygen atoms in total. The third-order valence-electron chi connectivity index (χ3n) is 2.86. The molecule has 0 saturated heterocycles. The summed E-state index contributed by atoms with van der Waals surface area (Å²) in [6, 6.07) is 3.75. The molecule has 0 radical (unpaired) electrons. The van der Waals surface area contributed by atoms with Crippen LogP contribution < -0.4 is 0 Å². The molecule has 1 aromatic carbocycles. The number of carboxylic acids is 1. The van der Waals surface area contributed by atoms with Gasteiger partial charge in [0.15, 0.2) is 0 Å². The van der Waals surface area contributed by atoms with Gasteiger partial charge in [0.05, 0.1) is 6.42 Å². The Bertz CT molecular complexity index is 419. The summed E-state index contributed by atoms with van der Waals surface area (Å²) in [6.07, 6.45) is 0.00481. The van der Waals surface area contributed by atoms with Crippen LogP contribution in [0.25, 0.3) is 0 Å². The lowest BCUT2D eigenvalue weighted by atomic mass is 9.78. The Hall–Kier alpha value is -1.51. The predicted octanol–water partition coefficient (Wildman–Crippen LogP) is 2.76. The second kappa shape index (κ2) is 4.16. The van der Waals surface area contributed by atoms with E-state index in [1.165, 1.54) is 0 Å². The van der Waals surface area contributed by atoms with Crippen molar-refractivity contribution in [2.45, 2.75) is 39.5 Å². The number of rotatable bonds is 3. The van der Waals surface area contributed by atoms with Crippen molar-refractivity contribution in [1.82, 2.24) is 0 Å². The molecule has 0 spiro atoms. The Balaban J connectivity index is 3.31. The highest BCUT2D eigenvalue weighted by molar-refractivity contribution is 5.69. The number of aromatic hydroxyl groups is 1. The minimum absolute atomic E-state index is 0.00481. The molecule has 0 aromatic heterocycles. The molecule has 0 aliphatic carbocycles.